The molecule has 1 saturated heterocycles. The molecule has 1 aliphatic heterocycles. The Morgan fingerprint density at radius 3 is 2.59 bits per heavy atom. The monoisotopic (exact) mass is 252 g/mol. The van der Waals surface area contributed by atoms with Gasteiger partial charge >= 0.3 is 12.2 Å². The van der Waals surface area contributed by atoms with Crippen molar-refractivity contribution in [1.82, 2.24) is 10.2 Å². The van der Waals surface area contributed by atoms with Crippen molar-refractivity contribution >= 4 is 6.03 Å². The molecule has 0 spiro atoms. The third-order valence-corrected chi connectivity index (χ3v) is 3.50. The van der Waals surface area contributed by atoms with E-state index in [1.807, 2.05) is 0 Å². The van der Waals surface area contributed by atoms with Crippen molar-refractivity contribution in [3.05, 3.63) is 0 Å². The standard InChI is InChI=1S/C10H15F3N2O2/c11-10(12,13)7-2-1-6(16)5-8(7)15-4-3-14-9(15)17/h6-8,16H,1-5H2,(H,14,17). The molecular weight excluding hydrogens is 237 g/mol. The maximum atomic E-state index is 12.9. The fraction of sp³-hybridized carbons (Fsp3) is 0.900. The summed E-state index contributed by atoms with van der Waals surface area (Å²) in [5.41, 5.74) is 0. The summed E-state index contributed by atoms with van der Waals surface area (Å²) in [6.45, 7) is 0.652. The van der Waals surface area contributed by atoms with Crippen molar-refractivity contribution < 1.29 is 23.1 Å². The Morgan fingerprint density at radius 2 is 2.06 bits per heavy atom. The van der Waals surface area contributed by atoms with Crippen LogP contribution in [0, 0.1) is 5.92 Å². The second-order valence-corrected chi connectivity index (χ2v) is 4.61. The first-order valence-corrected chi connectivity index (χ1v) is 5.69. The van der Waals surface area contributed by atoms with Gasteiger partial charge in [0.2, 0.25) is 0 Å². The fourth-order valence-corrected chi connectivity index (χ4v) is 2.65. The Labute approximate surface area is 96.8 Å². The number of amides is 2. The molecule has 2 N–H and O–H groups in total. The Hall–Kier alpha value is -0.980. The van der Waals surface area contributed by atoms with Gasteiger partial charge in [-0.15, -0.1) is 0 Å². The number of aliphatic hydroxyl groups excluding tert-OH is 1. The van der Waals surface area contributed by atoms with Gasteiger partial charge in [0.15, 0.2) is 0 Å². The molecule has 17 heavy (non-hydrogen) atoms. The summed E-state index contributed by atoms with van der Waals surface area (Å²) in [6.07, 6.45) is -5.01. The van der Waals surface area contributed by atoms with Crippen LogP contribution in [0.2, 0.25) is 0 Å². The van der Waals surface area contributed by atoms with E-state index in [-0.39, 0.29) is 25.8 Å². The summed E-state index contributed by atoms with van der Waals surface area (Å²) in [7, 11) is 0. The van der Waals surface area contributed by atoms with Crippen LogP contribution >= 0.6 is 0 Å². The van der Waals surface area contributed by atoms with E-state index in [4.69, 9.17) is 0 Å². The van der Waals surface area contributed by atoms with Crippen LogP contribution < -0.4 is 5.32 Å². The van der Waals surface area contributed by atoms with Crippen LogP contribution in [0.4, 0.5) is 18.0 Å². The van der Waals surface area contributed by atoms with E-state index in [1.165, 1.54) is 4.90 Å². The van der Waals surface area contributed by atoms with Crippen LogP contribution in [0.1, 0.15) is 19.3 Å². The number of aliphatic hydroxyl groups is 1. The molecule has 0 aromatic rings. The van der Waals surface area contributed by atoms with E-state index in [2.05, 4.69) is 5.32 Å². The average molecular weight is 252 g/mol. The molecule has 3 atom stereocenters. The number of rotatable bonds is 1. The van der Waals surface area contributed by atoms with Gasteiger partial charge in [0.25, 0.3) is 0 Å². The molecule has 3 unspecified atom stereocenters. The maximum absolute atomic E-state index is 12.9. The van der Waals surface area contributed by atoms with Gasteiger partial charge in [-0.3, -0.25) is 0 Å². The normalized spacial score (nSPS) is 34.9. The first kappa shape index (κ1) is 12.5. The molecule has 4 nitrogen and oxygen atoms in total. The summed E-state index contributed by atoms with van der Waals surface area (Å²) < 4.78 is 38.6. The number of halogens is 3. The van der Waals surface area contributed by atoms with Crippen molar-refractivity contribution in [2.24, 2.45) is 5.92 Å². The molecule has 0 aromatic heterocycles. The zero-order valence-electron chi connectivity index (χ0n) is 9.20. The van der Waals surface area contributed by atoms with Gasteiger partial charge in [0.05, 0.1) is 12.0 Å². The average Bonchev–Trinajstić information content (AvgIpc) is 2.62. The Bertz CT molecular complexity index is 308. The first-order chi connectivity index (χ1) is 7.89. The van der Waals surface area contributed by atoms with Gasteiger partial charge in [-0.25, -0.2) is 4.79 Å². The minimum absolute atomic E-state index is 0.0115. The molecule has 0 bridgehead atoms. The number of hydrogen-bond acceptors (Lipinski definition) is 2. The molecule has 2 rings (SSSR count). The molecule has 98 valence electrons. The lowest BCUT2D eigenvalue weighted by Gasteiger charge is -2.39. The van der Waals surface area contributed by atoms with Crippen LogP contribution in [-0.4, -0.2) is 47.4 Å². The lowest BCUT2D eigenvalue weighted by Crippen LogP contribution is -2.51. The third-order valence-electron chi connectivity index (χ3n) is 3.50. The molecular formula is C10H15F3N2O2. The quantitative estimate of drug-likeness (QED) is 0.734. The van der Waals surface area contributed by atoms with Gasteiger partial charge in [-0.1, -0.05) is 0 Å². The minimum atomic E-state index is -4.31. The minimum Gasteiger partial charge on any atom is -0.393 e. The lowest BCUT2D eigenvalue weighted by atomic mass is 9.81. The van der Waals surface area contributed by atoms with Crippen LogP contribution in [-0.2, 0) is 0 Å². The van der Waals surface area contributed by atoms with Crippen molar-refractivity contribution in [1.29, 1.82) is 0 Å². The smallest absolute Gasteiger partial charge is 0.393 e. The van der Waals surface area contributed by atoms with Crippen molar-refractivity contribution in [3.8, 4) is 0 Å². The number of hydrogen-bond donors (Lipinski definition) is 2. The topological polar surface area (TPSA) is 52.6 Å². The Morgan fingerprint density at radius 1 is 1.35 bits per heavy atom. The number of nitrogens with zero attached hydrogens (tertiary/aromatic N) is 1. The molecule has 7 heteroatoms. The zero-order valence-corrected chi connectivity index (χ0v) is 9.20. The molecule has 1 aliphatic carbocycles. The second-order valence-electron chi connectivity index (χ2n) is 4.61. The van der Waals surface area contributed by atoms with E-state index in [1.54, 1.807) is 0 Å². The second kappa shape index (κ2) is 4.36. The number of alkyl halides is 3. The molecule has 2 aliphatic rings. The summed E-state index contributed by atoms with van der Waals surface area (Å²) in [6, 6.07) is -1.39. The summed E-state index contributed by atoms with van der Waals surface area (Å²) in [5, 5.41) is 12.0. The fourth-order valence-electron chi connectivity index (χ4n) is 2.65. The van der Waals surface area contributed by atoms with Gasteiger partial charge in [0.1, 0.15) is 0 Å². The van der Waals surface area contributed by atoms with Gasteiger partial charge < -0.3 is 15.3 Å². The molecule has 1 heterocycles. The predicted molar refractivity (Wildman–Crippen MR) is 53.3 cm³/mol. The van der Waals surface area contributed by atoms with E-state index in [9.17, 15) is 23.1 Å². The van der Waals surface area contributed by atoms with E-state index in [0.29, 0.717) is 6.54 Å². The number of nitrogens with one attached hydrogen (secondary N) is 1. The van der Waals surface area contributed by atoms with Gasteiger partial charge in [0, 0.05) is 19.1 Å². The van der Waals surface area contributed by atoms with Crippen LogP contribution in [0.25, 0.3) is 0 Å². The molecule has 1 saturated carbocycles. The van der Waals surface area contributed by atoms with Crippen molar-refractivity contribution in [2.75, 3.05) is 13.1 Å². The third kappa shape index (κ3) is 2.48. The summed E-state index contributed by atoms with van der Waals surface area (Å²) in [4.78, 5) is 12.6. The lowest BCUT2D eigenvalue weighted by molar-refractivity contribution is -0.200. The highest BCUT2D eigenvalue weighted by Gasteiger charge is 2.50. The van der Waals surface area contributed by atoms with Crippen LogP contribution in [0.15, 0.2) is 0 Å². The van der Waals surface area contributed by atoms with E-state index < -0.39 is 30.3 Å². The molecule has 0 aromatic carbocycles. The predicted octanol–water partition coefficient (Wildman–Crippen LogP) is 1.10. The van der Waals surface area contributed by atoms with Crippen molar-refractivity contribution in [2.45, 2.75) is 37.6 Å². The Kier molecular flexibility index (Phi) is 3.20. The molecule has 0 radical (unpaired) electrons. The van der Waals surface area contributed by atoms with E-state index >= 15 is 0 Å². The highest BCUT2D eigenvalue weighted by atomic mass is 19.4. The highest BCUT2D eigenvalue weighted by Crippen LogP contribution is 2.40. The van der Waals surface area contributed by atoms with Gasteiger partial charge in [-0.2, -0.15) is 13.2 Å². The molecule has 2 amide bonds. The largest absolute Gasteiger partial charge is 0.393 e. The highest BCUT2D eigenvalue weighted by molar-refractivity contribution is 5.76. The molecule has 2 fully saturated rings. The van der Waals surface area contributed by atoms with Gasteiger partial charge in [-0.05, 0) is 19.3 Å². The summed E-state index contributed by atoms with van der Waals surface area (Å²) in [5.74, 6) is -1.52. The SMILES string of the molecule is O=C1NCCN1C1CC(O)CCC1C(F)(F)F. The Balaban J connectivity index is 2.16. The van der Waals surface area contributed by atoms with Crippen LogP contribution in [0.3, 0.4) is 0 Å². The number of carbonyl (C=O) groups excluding carboxylic acids is 1. The maximum Gasteiger partial charge on any atom is 0.393 e. The number of urea groups is 1. The van der Waals surface area contributed by atoms with Crippen LogP contribution in [0.5, 0.6) is 0 Å². The van der Waals surface area contributed by atoms with E-state index in [0.717, 1.165) is 0 Å². The number of carbonyl (C=O) groups is 1. The first-order valence-electron chi connectivity index (χ1n) is 5.69. The zero-order chi connectivity index (χ0) is 12.6. The van der Waals surface area contributed by atoms with Crippen molar-refractivity contribution in [3.63, 3.8) is 0 Å². The summed E-state index contributed by atoms with van der Waals surface area (Å²) >= 11 is 0.